The van der Waals surface area contributed by atoms with Gasteiger partial charge in [0.2, 0.25) is 0 Å². The molecular formula is C2H6NOP. The molecule has 0 aromatic rings. The highest BCUT2D eigenvalue weighted by Gasteiger charge is 2.24. The van der Waals surface area contributed by atoms with Crippen LogP contribution in [0.25, 0.3) is 0 Å². The van der Waals surface area contributed by atoms with E-state index in [9.17, 15) is 4.57 Å². The topological polar surface area (TPSA) is 39.0 Å². The lowest BCUT2D eigenvalue weighted by Crippen LogP contribution is -1.72. The Bertz CT molecular complexity index is 72.0. The predicted molar refractivity (Wildman–Crippen MR) is 21.6 cm³/mol. The lowest BCUT2D eigenvalue weighted by molar-refractivity contribution is 0.597. The standard InChI is InChI=1S/C2H6NOP/c1-2-3-5(2)4/h2,5H,1H3,(H,3,4). The minimum absolute atomic E-state index is 0.347. The van der Waals surface area contributed by atoms with E-state index >= 15 is 0 Å². The van der Waals surface area contributed by atoms with Gasteiger partial charge in [-0.3, -0.25) is 5.09 Å². The van der Waals surface area contributed by atoms with Crippen molar-refractivity contribution in [3.8, 4) is 0 Å². The third-order valence-corrected chi connectivity index (χ3v) is 2.01. The Balaban J connectivity index is 2.47. The van der Waals surface area contributed by atoms with Crippen molar-refractivity contribution < 1.29 is 4.57 Å². The number of nitrogens with one attached hydrogen (secondary N) is 1. The zero-order chi connectivity index (χ0) is 3.86. The second-order valence-electron chi connectivity index (χ2n) is 1.23. The quantitative estimate of drug-likeness (QED) is 0.346. The van der Waals surface area contributed by atoms with Crippen LogP contribution in [0.2, 0.25) is 0 Å². The fourth-order valence-electron chi connectivity index (χ4n) is 0.172. The van der Waals surface area contributed by atoms with E-state index in [-0.39, 0.29) is 0 Å². The Morgan fingerprint density at radius 1 is 2.00 bits per heavy atom. The number of hydrogen-bond donors (Lipinski definition) is 1. The van der Waals surface area contributed by atoms with E-state index < -0.39 is 7.95 Å². The van der Waals surface area contributed by atoms with Gasteiger partial charge in [0.25, 0.3) is 0 Å². The van der Waals surface area contributed by atoms with E-state index in [1.807, 2.05) is 6.92 Å². The van der Waals surface area contributed by atoms with Crippen LogP contribution >= 0.6 is 7.95 Å². The average molecular weight is 91.0 g/mol. The first kappa shape index (κ1) is 3.38. The molecule has 1 fully saturated rings. The molecule has 0 bridgehead atoms. The van der Waals surface area contributed by atoms with E-state index in [1.165, 1.54) is 0 Å². The molecule has 0 aromatic carbocycles. The number of hydrogen-bond acceptors (Lipinski definition) is 1. The molecule has 1 rings (SSSR count). The van der Waals surface area contributed by atoms with Crippen molar-refractivity contribution in [2.24, 2.45) is 0 Å². The van der Waals surface area contributed by atoms with Crippen molar-refractivity contribution in [1.29, 1.82) is 0 Å². The first-order valence-electron chi connectivity index (χ1n) is 1.61. The largest absolute Gasteiger partial charge is 0.308 e. The van der Waals surface area contributed by atoms with Crippen molar-refractivity contribution >= 4 is 7.95 Å². The maximum Gasteiger partial charge on any atom is 0.153 e. The Morgan fingerprint density at radius 2 is 2.20 bits per heavy atom. The summed E-state index contributed by atoms with van der Waals surface area (Å²) in [7, 11) is -1.21. The highest BCUT2D eigenvalue weighted by Crippen LogP contribution is 2.37. The van der Waals surface area contributed by atoms with Gasteiger partial charge in [-0.05, 0) is 6.92 Å². The van der Waals surface area contributed by atoms with Gasteiger partial charge in [-0.2, -0.15) is 0 Å². The van der Waals surface area contributed by atoms with Gasteiger partial charge in [0.05, 0.1) is 5.78 Å². The molecule has 3 heteroatoms. The summed E-state index contributed by atoms with van der Waals surface area (Å²) < 4.78 is 9.96. The fourth-order valence-corrected chi connectivity index (χ4v) is 0.692. The van der Waals surface area contributed by atoms with Crippen LogP contribution in [0.3, 0.4) is 0 Å². The van der Waals surface area contributed by atoms with Gasteiger partial charge < -0.3 is 4.57 Å². The van der Waals surface area contributed by atoms with E-state index in [4.69, 9.17) is 0 Å². The van der Waals surface area contributed by atoms with Crippen LogP contribution in [0.4, 0.5) is 0 Å². The van der Waals surface area contributed by atoms with E-state index in [1.54, 1.807) is 0 Å². The third kappa shape index (κ3) is 0.524. The molecule has 0 aromatic heterocycles. The zero-order valence-electron chi connectivity index (χ0n) is 2.99. The monoisotopic (exact) mass is 91.0 g/mol. The lowest BCUT2D eigenvalue weighted by atomic mass is 10.8. The number of rotatable bonds is 0. The summed E-state index contributed by atoms with van der Waals surface area (Å²) in [6, 6.07) is 0. The summed E-state index contributed by atoms with van der Waals surface area (Å²) in [5.41, 5.74) is 0. The summed E-state index contributed by atoms with van der Waals surface area (Å²) in [6.45, 7) is 1.92. The minimum Gasteiger partial charge on any atom is -0.308 e. The molecule has 2 atom stereocenters. The molecule has 0 radical (unpaired) electrons. The minimum atomic E-state index is -1.21. The van der Waals surface area contributed by atoms with Gasteiger partial charge in [0.1, 0.15) is 0 Å². The lowest BCUT2D eigenvalue weighted by Gasteiger charge is -1.50. The van der Waals surface area contributed by atoms with E-state index in [0.29, 0.717) is 5.78 Å². The second-order valence-corrected chi connectivity index (χ2v) is 3.11. The summed E-state index contributed by atoms with van der Waals surface area (Å²) in [4.78, 5) is 0. The SMILES string of the molecule is CC1N[PH]1=O. The highest BCUT2D eigenvalue weighted by molar-refractivity contribution is 7.50. The van der Waals surface area contributed by atoms with Crippen LogP contribution in [0.1, 0.15) is 6.92 Å². The molecule has 2 unspecified atom stereocenters. The van der Waals surface area contributed by atoms with Crippen LogP contribution in [-0.4, -0.2) is 5.78 Å². The highest BCUT2D eigenvalue weighted by atomic mass is 31.1. The summed E-state index contributed by atoms with van der Waals surface area (Å²) in [5, 5.41) is 2.74. The molecule has 0 saturated carbocycles. The van der Waals surface area contributed by atoms with Crippen molar-refractivity contribution in [1.82, 2.24) is 5.09 Å². The van der Waals surface area contributed by atoms with Crippen molar-refractivity contribution in [3.05, 3.63) is 0 Å². The Morgan fingerprint density at radius 3 is 2.20 bits per heavy atom. The van der Waals surface area contributed by atoms with Crippen LogP contribution in [0.5, 0.6) is 0 Å². The molecule has 0 spiro atoms. The molecular weight excluding hydrogens is 85.0 g/mol. The molecule has 0 aliphatic carbocycles. The molecule has 1 N–H and O–H groups in total. The molecule has 5 heavy (non-hydrogen) atoms. The zero-order valence-corrected chi connectivity index (χ0v) is 3.99. The molecule has 1 saturated heterocycles. The van der Waals surface area contributed by atoms with Gasteiger partial charge in [-0.15, -0.1) is 0 Å². The van der Waals surface area contributed by atoms with Gasteiger partial charge in [0.15, 0.2) is 7.95 Å². The predicted octanol–water partition coefficient (Wildman–Crippen LogP) is 0.410. The first-order chi connectivity index (χ1) is 2.30. The third-order valence-electron chi connectivity index (χ3n) is 0.669. The van der Waals surface area contributed by atoms with E-state index in [2.05, 4.69) is 5.09 Å². The average Bonchev–Trinajstić information content (AvgIpc) is 1.79. The van der Waals surface area contributed by atoms with Crippen LogP contribution < -0.4 is 5.09 Å². The molecule has 1 aliphatic rings. The van der Waals surface area contributed by atoms with Crippen molar-refractivity contribution in [3.63, 3.8) is 0 Å². The van der Waals surface area contributed by atoms with Gasteiger partial charge in [-0.1, -0.05) is 0 Å². The second kappa shape index (κ2) is 0.825. The maximum absolute atomic E-state index is 9.96. The summed E-state index contributed by atoms with van der Waals surface area (Å²) in [5.74, 6) is 0.347. The fraction of sp³-hybridized carbons (Fsp3) is 1.00. The molecule has 30 valence electrons. The van der Waals surface area contributed by atoms with Crippen LogP contribution in [0.15, 0.2) is 0 Å². The molecule has 1 aliphatic heterocycles. The Hall–Kier alpha value is 0.190. The maximum atomic E-state index is 9.96. The van der Waals surface area contributed by atoms with Gasteiger partial charge in [-0.25, -0.2) is 0 Å². The Labute approximate surface area is 31.4 Å². The summed E-state index contributed by atoms with van der Waals surface area (Å²) in [6.07, 6.45) is 0. The van der Waals surface area contributed by atoms with Crippen molar-refractivity contribution in [2.75, 3.05) is 0 Å². The van der Waals surface area contributed by atoms with Crippen LogP contribution in [-0.2, 0) is 4.57 Å². The van der Waals surface area contributed by atoms with Gasteiger partial charge in [0, 0.05) is 0 Å². The first-order valence-corrected chi connectivity index (χ1v) is 3.09. The van der Waals surface area contributed by atoms with E-state index in [0.717, 1.165) is 0 Å². The van der Waals surface area contributed by atoms with Gasteiger partial charge >= 0.3 is 0 Å². The normalized spacial score (nSPS) is 49.0. The molecule has 1 heterocycles. The smallest absolute Gasteiger partial charge is 0.153 e. The van der Waals surface area contributed by atoms with Crippen molar-refractivity contribution in [2.45, 2.75) is 12.7 Å². The molecule has 0 amide bonds. The molecule has 2 nitrogen and oxygen atoms in total. The Kier molecular flexibility index (Phi) is 0.558. The van der Waals surface area contributed by atoms with Crippen LogP contribution in [0, 0.1) is 0 Å². The summed E-state index contributed by atoms with van der Waals surface area (Å²) >= 11 is 0.